The van der Waals surface area contributed by atoms with Gasteiger partial charge in [-0.05, 0) is 26.0 Å². The Balaban J connectivity index is 1.43. The van der Waals surface area contributed by atoms with Crippen LogP contribution in [0.25, 0.3) is 0 Å². The molecule has 0 aromatic heterocycles. The van der Waals surface area contributed by atoms with E-state index >= 15 is 0 Å². The van der Waals surface area contributed by atoms with Crippen molar-refractivity contribution >= 4 is 28.9 Å². The lowest BCUT2D eigenvalue weighted by Crippen LogP contribution is -2.52. The third-order valence-electron chi connectivity index (χ3n) is 9.46. The van der Waals surface area contributed by atoms with E-state index in [0.29, 0.717) is 0 Å². The van der Waals surface area contributed by atoms with Crippen molar-refractivity contribution < 1.29 is 53.9 Å². The number of ether oxygens (including phenoxy) is 3. The summed E-state index contributed by atoms with van der Waals surface area (Å²) in [5.74, 6) is -3.61. The number of aliphatic hydroxyl groups is 2. The van der Waals surface area contributed by atoms with Gasteiger partial charge in [-0.2, -0.15) is 5.10 Å². The Labute approximate surface area is 284 Å². The molecule has 16 heteroatoms. The first-order valence-corrected chi connectivity index (χ1v) is 15.6. The van der Waals surface area contributed by atoms with E-state index in [9.17, 15) is 44.9 Å². The maximum absolute atomic E-state index is 13.9. The van der Waals surface area contributed by atoms with Crippen molar-refractivity contribution in [2.24, 2.45) is 10.8 Å². The molecule has 262 valence electrons. The number of nitro benzene ring substituents is 1. The summed E-state index contributed by atoms with van der Waals surface area (Å²) in [6.45, 7) is 2.97. The molecule has 3 aliphatic rings. The van der Waals surface area contributed by atoms with E-state index in [1.165, 1.54) is 50.4 Å². The molecule has 0 saturated carbocycles. The van der Waals surface area contributed by atoms with Crippen molar-refractivity contribution in [1.29, 1.82) is 0 Å². The number of nitro groups is 1. The minimum atomic E-state index is -2.00. The number of hydrogen-bond acceptors (Lipinski definition) is 14. The minimum absolute atomic E-state index is 0.00177. The number of amides is 1. The summed E-state index contributed by atoms with van der Waals surface area (Å²) < 4.78 is 17.4. The number of carbonyl (C=O) groups excluding carboxylic acids is 3. The molecule has 0 spiro atoms. The summed E-state index contributed by atoms with van der Waals surface area (Å²) in [6, 6.07) is 8.55. The van der Waals surface area contributed by atoms with Crippen LogP contribution in [0.5, 0.6) is 17.2 Å². The van der Waals surface area contributed by atoms with Crippen LogP contribution in [0.2, 0.25) is 0 Å². The molecule has 6 atom stereocenters. The lowest BCUT2D eigenvalue weighted by Gasteiger charge is -2.42. The van der Waals surface area contributed by atoms with E-state index in [0.717, 1.165) is 6.07 Å². The highest BCUT2D eigenvalue weighted by molar-refractivity contribution is 6.31. The highest BCUT2D eigenvalue weighted by Gasteiger charge is 2.49. The van der Waals surface area contributed by atoms with E-state index in [1.54, 1.807) is 6.92 Å². The molecule has 1 aliphatic heterocycles. The third-order valence-corrected chi connectivity index (χ3v) is 9.46. The Morgan fingerprint density at radius 3 is 2.50 bits per heavy atom. The van der Waals surface area contributed by atoms with Crippen LogP contribution in [0.15, 0.2) is 47.6 Å². The summed E-state index contributed by atoms with van der Waals surface area (Å²) in [5, 5.41) is 61.1. The highest BCUT2D eigenvalue weighted by atomic mass is 16.7. The van der Waals surface area contributed by atoms with Crippen molar-refractivity contribution in [3.63, 3.8) is 0 Å². The van der Waals surface area contributed by atoms with Gasteiger partial charge in [0.25, 0.3) is 11.6 Å². The number of ketones is 2. The Kier molecular flexibility index (Phi) is 8.92. The number of non-ortho nitro benzene ring substituents is 1. The molecule has 1 heterocycles. The molecule has 1 saturated heterocycles. The summed E-state index contributed by atoms with van der Waals surface area (Å²) in [5.41, 5.74) is 4.58. The molecular formula is C34H34N4O12. The summed E-state index contributed by atoms with van der Waals surface area (Å²) in [6.07, 6.45) is -4.97. The van der Waals surface area contributed by atoms with Gasteiger partial charge in [0.1, 0.15) is 22.8 Å². The Morgan fingerprint density at radius 1 is 1.12 bits per heavy atom. The number of fused-ring (bicyclic) bond motifs is 3. The van der Waals surface area contributed by atoms with Crippen molar-refractivity contribution in [2.75, 3.05) is 7.11 Å². The Morgan fingerprint density at radius 2 is 1.82 bits per heavy atom. The summed E-state index contributed by atoms with van der Waals surface area (Å²) >= 11 is 0. The largest absolute Gasteiger partial charge is 0.507 e. The second-order valence-corrected chi connectivity index (χ2v) is 12.5. The van der Waals surface area contributed by atoms with Gasteiger partial charge < -0.3 is 40.4 Å². The third kappa shape index (κ3) is 5.76. The van der Waals surface area contributed by atoms with Crippen molar-refractivity contribution in [1.82, 2.24) is 5.43 Å². The van der Waals surface area contributed by atoms with Gasteiger partial charge in [-0.15, -0.1) is 0 Å². The van der Waals surface area contributed by atoms with Crippen LogP contribution in [0.4, 0.5) is 5.69 Å². The molecule has 3 aromatic carbocycles. The first kappa shape index (κ1) is 34.6. The molecule has 0 unspecified atom stereocenters. The molecule has 6 rings (SSSR count). The minimum Gasteiger partial charge on any atom is -0.507 e. The zero-order valence-electron chi connectivity index (χ0n) is 27.1. The van der Waals surface area contributed by atoms with E-state index in [-0.39, 0.29) is 57.8 Å². The number of rotatable bonds is 7. The number of methoxy groups -OCH3 is 1. The highest BCUT2D eigenvalue weighted by Crippen LogP contribution is 2.52. The molecule has 3 aromatic rings. The summed E-state index contributed by atoms with van der Waals surface area (Å²) in [4.78, 5) is 51.1. The molecule has 7 N–H and O–H groups in total. The lowest BCUT2D eigenvalue weighted by molar-refractivity contribution is -0.384. The van der Waals surface area contributed by atoms with Gasteiger partial charge in [0.05, 0.1) is 52.7 Å². The van der Waals surface area contributed by atoms with Crippen LogP contribution in [-0.4, -0.2) is 85.8 Å². The lowest BCUT2D eigenvalue weighted by atomic mass is 9.71. The van der Waals surface area contributed by atoms with Crippen molar-refractivity contribution in [3.05, 3.63) is 91.5 Å². The number of nitrogens with two attached hydrogens (primary N) is 1. The number of aromatic hydroxyl groups is 2. The van der Waals surface area contributed by atoms with Gasteiger partial charge in [-0.1, -0.05) is 18.2 Å². The van der Waals surface area contributed by atoms with Gasteiger partial charge in [0.15, 0.2) is 12.1 Å². The number of carbonyl (C=O) groups is 3. The standard InChI is InChI=1S/C34H34N4O12/c1-14-28(39)20(35)11-23(49-14)50-22-13-34(45,15(2)36-37-33(44)16-6-4-7-17(10-16)38(46)47)12-19-25(22)32(43)27-26(30(19)41)29(40)18-8-5-9-21(48-3)24(18)31(27)42/h4-10,14,20,22-23,28,39,41,43,45H,11-13,35H2,1-3H3,(H,37,44)/b36-15-/t14-,20+,22+,23-,28-,34-/m0/s1. The predicted molar refractivity (Wildman–Crippen MR) is 173 cm³/mol. The fourth-order valence-electron chi connectivity index (χ4n) is 6.73. The zero-order valence-corrected chi connectivity index (χ0v) is 27.1. The Hall–Kier alpha value is -5.26. The number of phenolic OH excluding ortho intramolecular Hbond substituents is 2. The Bertz CT molecular complexity index is 1970. The SMILES string of the molecule is COc1cccc2c1C(=O)c1c(O)c3c(c(O)c1C2=O)C[C@@](O)(/C(C)=N\NC(=O)c1cccc([N+](=O)[O-])c1)C[C@H]3O[C@H]1C[C@@H](N)[C@@H](O)[C@H](C)O1. The van der Waals surface area contributed by atoms with E-state index < -0.39 is 87.7 Å². The van der Waals surface area contributed by atoms with Crippen molar-refractivity contribution in [2.45, 2.75) is 69.4 Å². The van der Waals surface area contributed by atoms with Gasteiger partial charge in [0.2, 0.25) is 5.78 Å². The molecule has 0 bridgehead atoms. The molecule has 1 amide bonds. The van der Waals surface area contributed by atoms with Crippen molar-refractivity contribution in [3.8, 4) is 17.2 Å². The number of benzene rings is 3. The maximum atomic E-state index is 13.9. The molecular weight excluding hydrogens is 656 g/mol. The maximum Gasteiger partial charge on any atom is 0.271 e. The van der Waals surface area contributed by atoms with Crippen LogP contribution < -0.4 is 15.9 Å². The normalized spacial score (nSPS) is 26.0. The topological polar surface area (TPSA) is 253 Å². The predicted octanol–water partition coefficient (Wildman–Crippen LogP) is 2.15. The van der Waals surface area contributed by atoms with Gasteiger partial charge in [-0.25, -0.2) is 5.43 Å². The number of hydrazone groups is 1. The molecule has 1 fully saturated rings. The van der Waals surface area contributed by atoms with Gasteiger partial charge >= 0.3 is 0 Å². The summed E-state index contributed by atoms with van der Waals surface area (Å²) in [7, 11) is 1.32. The number of hydrogen-bond donors (Lipinski definition) is 6. The van der Waals surface area contributed by atoms with E-state index in [2.05, 4.69) is 10.5 Å². The van der Waals surface area contributed by atoms with Crippen LogP contribution in [0, 0.1) is 10.1 Å². The first-order valence-electron chi connectivity index (χ1n) is 15.6. The second-order valence-electron chi connectivity index (χ2n) is 12.5. The average molecular weight is 691 g/mol. The fraction of sp³-hybridized carbons (Fsp3) is 0.353. The second kappa shape index (κ2) is 12.9. The monoisotopic (exact) mass is 690 g/mol. The molecule has 50 heavy (non-hydrogen) atoms. The molecule has 16 nitrogen and oxygen atoms in total. The smallest absolute Gasteiger partial charge is 0.271 e. The van der Waals surface area contributed by atoms with Gasteiger partial charge in [0, 0.05) is 59.7 Å². The number of phenols is 2. The van der Waals surface area contributed by atoms with Crippen LogP contribution >= 0.6 is 0 Å². The van der Waals surface area contributed by atoms with Gasteiger partial charge in [-0.3, -0.25) is 24.5 Å². The van der Waals surface area contributed by atoms with Crippen LogP contribution in [0.1, 0.15) is 86.1 Å². The number of nitrogens with one attached hydrogen (secondary N) is 1. The van der Waals surface area contributed by atoms with Crippen LogP contribution in [-0.2, 0) is 15.9 Å². The number of nitrogens with zero attached hydrogens (tertiary/aromatic N) is 2. The average Bonchev–Trinajstić information content (AvgIpc) is 3.09. The zero-order chi connectivity index (χ0) is 36.2. The van der Waals surface area contributed by atoms with E-state index in [1.807, 2.05) is 0 Å². The number of aliphatic hydroxyl groups excluding tert-OH is 1. The molecule has 0 radical (unpaired) electrons. The quantitative estimate of drug-likeness (QED) is 0.0704. The van der Waals surface area contributed by atoms with Crippen LogP contribution in [0.3, 0.4) is 0 Å². The van der Waals surface area contributed by atoms with E-state index in [4.69, 9.17) is 19.9 Å². The first-order chi connectivity index (χ1) is 23.7. The fourth-order valence-corrected chi connectivity index (χ4v) is 6.73. The molecule has 2 aliphatic carbocycles.